The van der Waals surface area contributed by atoms with Crippen LogP contribution in [0.25, 0.3) is 0 Å². The first-order valence-electron chi connectivity index (χ1n) is 10.3. The second kappa shape index (κ2) is 8.36. The van der Waals surface area contributed by atoms with E-state index in [2.05, 4.69) is 20.6 Å². The average Bonchev–Trinajstić information content (AvgIpc) is 2.98. The van der Waals surface area contributed by atoms with Gasteiger partial charge < -0.3 is 20.3 Å². The first-order valence-corrected chi connectivity index (χ1v) is 10.3. The molecule has 4 atom stereocenters. The number of hydrogen-bond acceptors (Lipinski definition) is 7. The molecular formula is C22H30N4O3. The van der Waals surface area contributed by atoms with Gasteiger partial charge in [-0.05, 0) is 50.7 Å². The zero-order chi connectivity index (χ0) is 20.3. The number of aliphatic hydroxyl groups is 2. The smallest absolute Gasteiger partial charge is 0.214 e. The molecule has 0 amide bonds. The van der Waals surface area contributed by atoms with Crippen LogP contribution in [0.5, 0.6) is 0 Å². The maximum Gasteiger partial charge on any atom is 0.214 e. The average molecular weight is 399 g/mol. The predicted molar refractivity (Wildman–Crippen MR) is 110 cm³/mol. The number of anilines is 1. The summed E-state index contributed by atoms with van der Waals surface area (Å²) in [6, 6.07) is 11.6. The van der Waals surface area contributed by atoms with E-state index in [1.165, 1.54) is 0 Å². The summed E-state index contributed by atoms with van der Waals surface area (Å²) in [4.78, 5) is 8.45. The van der Waals surface area contributed by atoms with Crippen molar-refractivity contribution in [3.8, 4) is 0 Å². The van der Waals surface area contributed by atoms with Gasteiger partial charge in [0.25, 0.3) is 0 Å². The Balaban J connectivity index is 1.37. The minimum atomic E-state index is -1.03. The molecule has 0 saturated heterocycles. The molecule has 0 spiro atoms. The molecule has 1 heterocycles. The molecule has 4 N–H and O–H groups in total. The molecule has 2 aliphatic rings. The molecular weight excluding hydrogens is 368 g/mol. The summed E-state index contributed by atoms with van der Waals surface area (Å²) in [6.07, 6.45) is 5.49. The second-order valence-corrected chi connectivity index (χ2v) is 8.50. The van der Waals surface area contributed by atoms with Crippen LogP contribution in [0.4, 0.5) is 5.82 Å². The Bertz CT molecular complexity index is 821. The molecule has 7 heteroatoms. The SMILES string of the molecule is Cc1nccc(NC(O)C23CCCC(NC(O)OCc4ccccc4)(CC2)C3)n1. The van der Waals surface area contributed by atoms with Crippen LogP contribution in [0, 0.1) is 12.3 Å². The van der Waals surface area contributed by atoms with E-state index < -0.39 is 12.6 Å². The number of nitrogens with one attached hydrogen (secondary N) is 2. The van der Waals surface area contributed by atoms with E-state index >= 15 is 0 Å². The fourth-order valence-corrected chi connectivity index (χ4v) is 4.99. The van der Waals surface area contributed by atoms with Gasteiger partial charge in [0.15, 0.2) is 0 Å². The van der Waals surface area contributed by atoms with Crippen molar-refractivity contribution in [3.05, 3.63) is 54.0 Å². The van der Waals surface area contributed by atoms with E-state index in [0.717, 1.165) is 44.1 Å². The topological polar surface area (TPSA) is 99.5 Å². The van der Waals surface area contributed by atoms with Crippen LogP contribution in [-0.2, 0) is 11.3 Å². The summed E-state index contributed by atoms with van der Waals surface area (Å²) in [5.41, 5.74) is 0.581. The van der Waals surface area contributed by atoms with E-state index in [9.17, 15) is 10.2 Å². The highest BCUT2D eigenvalue weighted by atomic mass is 16.6. The Kier molecular flexibility index (Phi) is 5.83. The van der Waals surface area contributed by atoms with Crippen LogP contribution in [0.1, 0.15) is 49.9 Å². The molecule has 1 aromatic heterocycles. The van der Waals surface area contributed by atoms with Crippen LogP contribution < -0.4 is 10.6 Å². The molecule has 2 aromatic rings. The van der Waals surface area contributed by atoms with Crippen molar-refractivity contribution in [2.45, 2.75) is 70.2 Å². The van der Waals surface area contributed by atoms with E-state index in [0.29, 0.717) is 18.2 Å². The molecule has 29 heavy (non-hydrogen) atoms. The highest BCUT2D eigenvalue weighted by Crippen LogP contribution is 2.55. The number of ether oxygens (including phenoxy) is 1. The molecule has 1 aromatic carbocycles. The number of aromatic nitrogens is 2. The van der Waals surface area contributed by atoms with Crippen molar-refractivity contribution in [1.82, 2.24) is 15.3 Å². The van der Waals surface area contributed by atoms with E-state index in [-0.39, 0.29) is 11.0 Å². The Morgan fingerprint density at radius 2 is 1.93 bits per heavy atom. The normalized spacial score (nSPS) is 28.1. The summed E-state index contributed by atoms with van der Waals surface area (Å²) in [5.74, 6) is 1.31. The van der Waals surface area contributed by atoms with E-state index in [4.69, 9.17) is 4.74 Å². The first kappa shape index (κ1) is 20.2. The molecule has 0 radical (unpaired) electrons. The second-order valence-electron chi connectivity index (χ2n) is 8.50. The van der Waals surface area contributed by atoms with Gasteiger partial charge in [-0.2, -0.15) is 0 Å². The Labute approximate surface area is 171 Å². The third kappa shape index (κ3) is 4.59. The number of aliphatic hydroxyl groups excluding tert-OH is 2. The summed E-state index contributed by atoms with van der Waals surface area (Å²) in [6.45, 7) is 2.19. The number of aryl methyl sites for hydroxylation is 1. The standard InChI is InChI=1S/C22H30N4O3/c1-16-23-13-8-18(24-16)25-19(27)21-9-5-10-22(15-21,12-11-21)26-20(28)29-14-17-6-3-2-4-7-17/h2-4,6-8,13,19-20,26-28H,5,9-12,14-15H2,1H3,(H,23,24,25). The third-order valence-corrected chi connectivity index (χ3v) is 6.44. The summed E-state index contributed by atoms with van der Waals surface area (Å²) in [5, 5.41) is 27.9. The predicted octanol–water partition coefficient (Wildman–Crippen LogP) is 2.69. The van der Waals surface area contributed by atoms with Crippen molar-refractivity contribution < 1.29 is 14.9 Å². The molecule has 7 nitrogen and oxygen atoms in total. The van der Waals surface area contributed by atoms with Crippen LogP contribution in [0.3, 0.4) is 0 Å². The van der Waals surface area contributed by atoms with Crippen LogP contribution >= 0.6 is 0 Å². The molecule has 2 bridgehead atoms. The number of hydrogen-bond donors (Lipinski definition) is 4. The third-order valence-electron chi connectivity index (χ3n) is 6.44. The van der Waals surface area contributed by atoms with Gasteiger partial charge in [0, 0.05) is 17.2 Å². The van der Waals surface area contributed by atoms with Crippen LogP contribution in [-0.4, -0.2) is 38.4 Å². The molecule has 4 rings (SSSR count). The van der Waals surface area contributed by atoms with Gasteiger partial charge in [-0.3, -0.25) is 5.32 Å². The largest absolute Gasteiger partial charge is 0.373 e. The maximum atomic E-state index is 11.0. The van der Waals surface area contributed by atoms with Crippen LogP contribution in [0.2, 0.25) is 0 Å². The summed E-state index contributed by atoms with van der Waals surface area (Å²) < 4.78 is 5.63. The quantitative estimate of drug-likeness (QED) is 0.507. The summed E-state index contributed by atoms with van der Waals surface area (Å²) in [7, 11) is 0. The highest BCUT2D eigenvalue weighted by Gasteiger charge is 2.54. The first-order chi connectivity index (χ1) is 14.0. The van der Waals surface area contributed by atoms with E-state index in [1.54, 1.807) is 12.3 Å². The fourth-order valence-electron chi connectivity index (χ4n) is 4.99. The minimum Gasteiger partial charge on any atom is -0.373 e. The van der Waals surface area contributed by atoms with E-state index in [1.807, 2.05) is 37.3 Å². The van der Waals surface area contributed by atoms with Crippen molar-refractivity contribution in [2.75, 3.05) is 5.32 Å². The zero-order valence-corrected chi connectivity index (χ0v) is 16.8. The van der Waals surface area contributed by atoms with Crippen molar-refractivity contribution >= 4 is 5.82 Å². The lowest BCUT2D eigenvalue weighted by molar-refractivity contribution is -0.147. The molecule has 0 aliphatic heterocycles. The van der Waals surface area contributed by atoms with Gasteiger partial charge in [-0.15, -0.1) is 0 Å². The van der Waals surface area contributed by atoms with Gasteiger partial charge in [0.05, 0.1) is 6.61 Å². The molecule has 2 saturated carbocycles. The van der Waals surface area contributed by atoms with Gasteiger partial charge >= 0.3 is 0 Å². The molecule has 156 valence electrons. The van der Waals surface area contributed by atoms with Gasteiger partial charge in [0.1, 0.15) is 17.9 Å². The van der Waals surface area contributed by atoms with Gasteiger partial charge in [0.2, 0.25) is 6.41 Å². The lowest BCUT2D eigenvalue weighted by Crippen LogP contribution is -2.53. The van der Waals surface area contributed by atoms with Gasteiger partial charge in [-0.25, -0.2) is 9.97 Å². The maximum absolute atomic E-state index is 11.0. The monoisotopic (exact) mass is 398 g/mol. The van der Waals surface area contributed by atoms with Crippen molar-refractivity contribution in [3.63, 3.8) is 0 Å². The number of nitrogens with zero attached hydrogens (tertiary/aromatic N) is 2. The Morgan fingerprint density at radius 3 is 2.72 bits per heavy atom. The van der Waals surface area contributed by atoms with Crippen LogP contribution in [0.15, 0.2) is 42.6 Å². The number of rotatable bonds is 8. The Hall–Kier alpha value is -2.06. The molecule has 4 unspecified atom stereocenters. The lowest BCUT2D eigenvalue weighted by Gasteiger charge is -2.43. The zero-order valence-electron chi connectivity index (χ0n) is 16.8. The van der Waals surface area contributed by atoms with Crippen molar-refractivity contribution in [1.29, 1.82) is 0 Å². The molecule has 2 aliphatic carbocycles. The lowest BCUT2D eigenvalue weighted by atomic mass is 9.71. The molecule has 2 fully saturated rings. The number of fused-ring (bicyclic) bond motifs is 2. The minimum absolute atomic E-state index is 0.210. The van der Waals surface area contributed by atoms with Crippen molar-refractivity contribution in [2.24, 2.45) is 5.41 Å². The highest BCUT2D eigenvalue weighted by molar-refractivity contribution is 5.34. The number of benzene rings is 1. The van der Waals surface area contributed by atoms with Gasteiger partial charge in [-0.1, -0.05) is 36.8 Å². The summed E-state index contributed by atoms with van der Waals surface area (Å²) >= 11 is 0. The fraction of sp³-hybridized carbons (Fsp3) is 0.545. The Morgan fingerprint density at radius 1 is 1.10 bits per heavy atom.